The molecule has 0 atom stereocenters. The van der Waals surface area contributed by atoms with Gasteiger partial charge >= 0.3 is 0 Å². The van der Waals surface area contributed by atoms with Crippen molar-refractivity contribution in [1.29, 1.82) is 0 Å². The summed E-state index contributed by atoms with van der Waals surface area (Å²) >= 11 is 0. The van der Waals surface area contributed by atoms with Crippen LogP contribution < -0.4 is 26.0 Å². The fourth-order valence-electron chi connectivity index (χ4n) is 14.3. The van der Waals surface area contributed by atoms with E-state index < -0.39 is 78.6 Å². The minimum Gasteiger partial charge on any atom is -0.457 e. The van der Waals surface area contributed by atoms with Gasteiger partial charge in [0, 0.05) is 50.1 Å². The summed E-state index contributed by atoms with van der Waals surface area (Å²) in [5, 5.41) is -0.0825. The number of aromatic nitrogens is 1. The quantitative estimate of drug-likeness (QED) is 0.154. The Morgan fingerprint density at radius 1 is 0.382 bits per heavy atom. The third kappa shape index (κ3) is 8.54. The van der Waals surface area contributed by atoms with Crippen LogP contribution in [0.4, 0.5) is 17.1 Å². The summed E-state index contributed by atoms with van der Waals surface area (Å²) in [6.45, 7) is 19.4. The molecular weight excluding hydrogens is 1080 g/mol. The number of rotatable bonds is 6. The van der Waals surface area contributed by atoms with Crippen molar-refractivity contribution in [3.05, 3.63) is 306 Å². The van der Waals surface area contributed by atoms with E-state index in [1.807, 2.05) is 78.9 Å². The Labute approximate surface area is 542 Å². The van der Waals surface area contributed by atoms with Crippen LogP contribution in [0.5, 0.6) is 11.5 Å². The molecule has 4 heteroatoms. The zero-order valence-corrected chi connectivity index (χ0v) is 51.3. The van der Waals surface area contributed by atoms with Crippen LogP contribution in [0.1, 0.15) is 119 Å². The first-order valence-corrected chi connectivity index (χ1v) is 30.6. The molecule has 0 saturated heterocycles. The molecule has 0 aliphatic carbocycles. The Hall–Kier alpha value is -9.90. The molecule has 1 spiro atoms. The lowest BCUT2D eigenvalue weighted by Crippen LogP contribution is -2.65. The summed E-state index contributed by atoms with van der Waals surface area (Å²) in [5.41, 5.74) is 15.4. The average molecular weight is 1160 g/mol. The van der Waals surface area contributed by atoms with E-state index in [4.69, 9.17) is 11.6 Å². The number of ether oxygens (including phenoxy) is 1. The number of anilines is 3. The molecule has 1 aromatic heterocycles. The number of hydrogen-bond donors (Lipinski definition) is 0. The maximum absolute atomic E-state index is 9.76. The SMILES string of the molecule is [2H]c1c([2H])c([2H])c(-c2ccc3c(c2)N(c2c(-c4ccccc4)cc(C(C)(C)C)cc2-c2ccccc2)c2cc(-c4cc(C(C)(C)C)cc(C(C)(C)C)c4)cc4c2B3c2ccc(-n3c5c([2H])c([2H])c([2H])c([2H])c5c5c([2H])c([2H])c([2H])c([2H])c53)cc2C42c3ccccc3Oc3ccccc32)c([2H])c1[2H]. The van der Waals surface area contributed by atoms with Crippen molar-refractivity contribution in [3.63, 3.8) is 0 Å². The van der Waals surface area contributed by atoms with Gasteiger partial charge in [-0.1, -0.05) is 268 Å². The standard InChI is InChI=1S/C85H71BN2O/c1-82(2,3)60-45-58(46-61(50-60)83(4,5)6)59-47-71-80-77(49-59)88(81-66(55-29-15-11-16-30-55)51-62(84(7,8)9)52-67(81)56-31-17-12-18-32-56)76-48-57(54-27-13-10-14-28-54)41-43-73(76)86(80)72-44-42-63(87-74-37-23-19-33-64(74)65-34-20-24-38-75(65)87)53-70(72)85(71)68-35-21-25-39-78(68)89-79-40-26-22-36-69(79)85/h10-53H,1-9H3/i10D,13D,14D,19D,20D,23D,24D,27D,28D,33D,34D,37D,38D. The Balaban J connectivity index is 1.16. The second-order valence-electron chi connectivity index (χ2n) is 27.1. The maximum Gasteiger partial charge on any atom is 0.247 e. The summed E-state index contributed by atoms with van der Waals surface area (Å²) < 4.78 is 130. The first-order valence-electron chi connectivity index (χ1n) is 37.1. The van der Waals surface area contributed by atoms with E-state index in [1.165, 1.54) is 0 Å². The van der Waals surface area contributed by atoms with Crippen LogP contribution in [0.25, 0.3) is 72.0 Å². The number of benzene rings is 12. The molecule has 0 unspecified atom stereocenters. The van der Waals surface area contributed by atoms with Crippen LogP contribution in [0, 0.1) is 0 Å². The molecule has 3 nitrogen and oxygen atoms in total. The number of fused-ring (bicyclic) bond motifs is 13. The second-order valence-corrected chi connectivity index (χ2v) is 27.1. The average Bonchev–Trinajstić information content (AvgIpc) is 0.697. The predicted molar refractivity (Wildman–Crippen MR) is 376 cm³/mol. The van der Waals surface area contributed by atoms with Crippen LogP contribution in [0.3, 0.4) is 0 Å². The van der Waals surface area contributed by atoms with Crippen molar-refractivity contribution in [2.75, 3.05) is 4.90 Å². The first-order chi connectivity index (χ1) is 48.4. The van der Waals surface area contributed by atoms with Gasteiger partial charge in [0.25, 0.3) is 0 Å². The lowest BCUT2D eigenvalue weighted by Gasteiger charge is -2.51. The van der Waals surface area contributed by atoms with E-state index >= 15 is 0 Å². The highest BCUT2D eigenvalue weighted by Gasteiger charge is 2.55. The summed E-state index contributed by atoms with van der Waals surface area (Å²) in [7, 11) is 0. The Morgan fingerprint density at radius 2 is 0.876 bits per heavy atom. The van der Waals surface area contributed by atoms with Gasteiger partial charge in [-0.2, -0.15) is 0 Å². The molecule has 0 amide bonds. The number of nitrogens with zero attached hydrogens (tertiary/aromatic N) is 2. The molecule has 0 saturated carbocycles. The highest BCUT2D eigenvalue weighted by Crippen LogP contribution is 2.59. The monoisotopic (exact) mass is 1160 g/mol. The third-order valence-corrected chi connectivity index (χ3v) is 18.7. The zero-order valence-electron chi connectivity index (χ0n) is 64.3. The van der Waals surface area contributed by atoms with Crippen molar-refractivity contribution >= 4 is 62.0 Å². The fourth-order valence-corrected chi connectivity index (χ4v) is 14.3. The van der Waals surface area contributed by atoms with Crippen molar-refractivity contribution < 1.29 is 22.6 Å². The van der Waals surface area contributed by atoms with E-state index in [-0.39, 0.29) is 55.7 Å². The smallest absolute Gasteiger partial charge is 0.247 e. The van der Waals surface area contributed by atoms with E-state index in [2.05, 4.69) is 176 Å². The van der Waals surface area contributed by atoms with Gasteiger partial charge in [-0.15, -0.1) is 0 Å². The Kier molecular flexibility index (Phi) is 9.49. The summed E-state index contributed by atoms with van der Waals surface area (Å²) in [4.78, 5) is 2.38. The lowest BCUT2D eigenvalue weighted by molar-refractivity contribution is 0.435. The van der Waals surface area contributed by atoms with Crippen LogP contribution >= 0.6 is 0 Å². The molecular formula is C85H71BN2O. The summed E-state index contributed by atoms with van der Waals surface area (Å²) in [6.07, 6.45) is 0. The van der Waals surface area contributed by atoms with Gasteiger partial charge in [0.15, 0.2) is 0 Å². The van der Waals surface area contributed by atoms with E-state index in [0.717, 1.165) is 100 Å². The molecule has 4 heterocycles. The van der Waals surface area contributed by atoms with Gasteiger partial charge in [-0.3, -0.25) is 0 Å². The Bertz CT molecular complexity index is 5560. The van der Waals surface area contributed by atoms with Gasteiger partial charge < -0.3 is 14.2 Å². The summed E-state index contributed by atoms with van der Waals surface area (Å²) in [6, 6.07) is 59.1. The van der Waals surface area contributed by atoms with E-state index in [0.29, 0.717) is 28.4 Å². The highest BCUT2D eigenvalue weighted by atomic mass is 16.5. The van der Waals surface area contributed by atoms with Gasteiger partial charge in [-0.25, -0.2) is 0 Å². The predicted octanol–water partition coefficient (Wildman–Crippen LogP) is 20.4. The van der Waals surface area contributed by atoms with Crippen LogP contribution in [-0.4, -0.2) is 11.3 Å². The van der Waals surface area contributed by atoms with Crippen molar-refractivity contribution in [2.45, 2.75) is 84.0 Å². The molecule has 0 fully saturated rings. The maximum atomic E-state index is 9.76. The number of hydrogen-bond acceptors (Lipinski definition) is 2. The second kappa shape index (κ2) is 20.1. The lowest BCUT2D eigenvalue weighted by atomic mass is 9.29. The molecule has 0 N–H and O–H groups in total. The van der Waals surface area contributed by atoms with Gasteiger partial charge in [0.2, 0.25) is 6.71 Å². The van der Waals surface area contributed by atoms with Crippen LogP contribution in [-0.2, 0) is 21.7 Å². The minimum absolute atomic E-state index is 0.0151. The summed E-state index contributed by atoms with van der Waals surface area (Å²) in [5.74, 6) is 1.17. The molecule has 12 aromatic carbocycles. The van der Waals surface area contributed by atoms with Gasteiger partial charge in [0.1, 0.15) is 11.5 Å². The number of para-hydroxylation sites is 4. The molecule has 16 rings (SSSR count). The fraction of sp³-hybridized carbons (Fsp3) is 0.153. The van der Waals surface area contributed by atoms with Gasteiger partial charge in [0.05, 0.1) is 40.0 Å². The first kappa shape index (κ1) is 42.1. The van der Waals surface area contributed by atoms with Crippen molar-refractivity contribution in [3.8, 4) is 61.7 Å². The minimum atomic E-state index is -1.35. The molecule has 13 aromatic rings. The molecule has 3 aliphatic heterocycles. The van der Waals surface area contributed by atoms with Crippen LogP contribution in [0.2, 0.25) is 0 Å². The molecule has 430 valence electrons. The highest BCUT2D eigenvalue weighted by molar-refractivity contribution is 6.99. The molecule has 0 bridgehead atoms. The topological polar surface area (TPSA) is 17.4 Å². The van der Waals surface area contributed by atoms with Crippen molar-refractivity contribution in [1.82, 2.24) is 4.57 Å². The third-order valence-electron chi connectivity index (χ3n) is 18.7. The van der Waals surface area contributed by atoms with Gasteiger partial charge in [-0.05, 0) is 155 Å². The van der Waals surface area contributed by atoms with Crippen molar-refractivity contribution in [2.24, 2.45) is 0 Å². The van der Waals surface area contributed by atoms with E-state index in [9.17, 15) is 11.0 Å². The largest absolute Gasteiger partial charge is 0.457 e. The molecule has 0 radical (unpaired) electrons. The van der Waals surface area contributed by atoms with E-state index in [1.54, 1.807) is 4.57 Å². The zero-order chi connectivity index (χ0) is 72.0. The normalized spacial score (nSPS) is 15.9. The Morgan fingerprint density at radius 3 is 1.45 bits per heavy atom. The molecule has 3 aliphatic rings. The van der Waals surface area contributed by atoms with Crippen LogP contribution in [0.15, 0.2) is 267 Å². The molecule has 89 heavy (non-hydrogen) atoms.